The fourth-order valence-corrected chi connectivity index (χ4v) is 3.10. The van der Waals surface area contributed by atoms with Crippen LogP contribution in [0.15, 0.2) is 41.4 Å². The summed E-state index contributed by atoms with van der Waals surface area (Å²) >= 11 is 17.9. The first-order chi connectivity index (χ1) is 12.6. The first-order valence-electron chi connectivity index (χ1n) is 8.05. The summed E-state index contributed by atoms with van der Waals surface area (Å²) in [5.74, 6) is 2.36. The molecule has 148 valence electrons. The van der Waals surface area contributed by atoms with Crippen LogP contribution < -0.4 is 14.4 Å². The average Bonchev–Trinajstić information content (AvgIpc) is 2.65. The Morgan fingerprint density at radius 3 is 2.22 bits per heavy atom. The molecule has 4 nitrogen and oxygen atoms in total. The molecule has 0 aliphatic rings. The Kier molecular flexibility index (Phi) is 10.7. The summed E-state index contributed by atoms with van der Waals surface area (Å²) in [6.07, 6.45) is 1.73. The van der Waals surface area contributed by atoms with Gasteiger partial charge in [-0.25, -0.2) is 0 Å². The van der Waals surface area contributed by atoms with E-state index in [9.17, 15) is 0 Å². The lowest BCUT2D eigenvalue weighted by Gasteiger charge is -2.26. The highest BCUT2D eigenvalue weighted by Crippen LogP contribution is 2.35. The number of anilines is 1. The second-order valence-electron chi connectivity index (χ2n) is 5.37. The molecule has 0 aliphatic carbocycles. The maximum Gasteiger partial charge on any atom is 0.143 e. The standard InChI is InChI=1S/C19H21Cl3N2O2.ClH/c1-25-18-12-17(24(8-6-20)9-7-21)19(26-2)10-14(18)13-23-16-5-3-4-15(22)11-16;/h3-5,10-13H,6-9H2,1-2H3;1H. The van der Waals surface area contributed by atoms with Crippen molar-refractivity contribution >= 4 is 64.8 Å². The predicted molar refractivity (Wildman–Crippen MR) is 119 cm³/mol. The molecule has 0 saturated carbocycles. The Labute approximate surface area is 181 Å². The van der Waals surface area contributed by atoms with Crippen LogP contribution in [0.2, 0.25) is 5.02 Å². The second-order valence-corrected chi connectivity index (χ2v) is 6.56. The zero-order valence-electron chi connectivity index (χ0n) is 15.1. The maximum absolute atomic E-state index is 6.00. The van der Waals surface area contributed by atoms with Crippen LogP contribution in [0.4, 0.5) is 11.4 Å². The van der Waals surface area contributed by atoms with Gasteiger partial charge in [-0.15, -0.1) is 35.6 Å². The number of hydrogen-bond acceptors (Lipinski definition) is 4. The van der Waals surface area contributed by atoms with Crippen LogP contribution in [-0.4, -0.2) is 45.3 Å². The van der Waals surface area contributed by atoms with Gasteiger partial charge >= 0.3 is 0 Å². The van der Waals surface area contributed by atoms with Gasteiger partial charge in [0.1, 0.15) is 11.5 Å². The predicted octanol–water partition coefficient (Wildman–Crippen LogP) is 5.81. The molecule has 0 amide bonds. The summed E-state index contributed by atoms with van der Waals surface area (Å²) in [7, 11) is 3.25. The van der Waals surface area contributed by atoms with Gasteiger partial charge in [0.25, 0.3) is 0 Å². The molecule has 0 bridgehead atoms. The van der Waals surface area contributed by atoms with Crippen molar-refractivity contribution in [2.24, 2.45) is 4.99 Å². The highest BCUT2D eigenvalue weighted by molar-refractivity contribution is 6.30. The number of benzene rings is 2. The quantitative estimate of drug-likeness (QED) is 0.356. The van der Waals surface area contributed by atoms with Gasteiger partial charge in [0, 0.05) is 47.7 Å². The summed E-state index contributed by atoms with van der Waals surface area (Å²) < 4.78 is 11.1. The van der Waals surface area contributed by atoms with E-state index in [1.165, 1.54) is 0 Å². The van der Waals surface area contributed by atoms with Crippen LogP contribution in [0.5, 0.6) is 11.5 Å². The Bertz CT molecular complexity index is 750. The summed E-state index contributed by atoms with van der Waals surface area (Å²) in [6.45, 7) is 1.31. The minimum atomic E-state index is 0. The number of rotatable bonds is 9. The number of methoxy groups -OCH3 is 2. The van der Waals surface area contributed by atoms with Crippen LogP contribution in [-0.2, 0) is 0 Å². The average molecular weight is 452 g/mol. The van der Waals surface area contributed by atoms with Crippen molar-refractivity contribution in [1.29, 1.82) is 0 Å². The first-order valence-corrected chi connectivity index (χ1v) is 9.50. The molecule has 0 unspecified atom stereocenters. The molecule has 27 heavy (non-hydrogen) atoms. The number of hydrogen-bond donors (Lipinski definition) is 0. The van der Waals surface area contributed by atoms with E-state index in [0.29, 0.717) is 41.4 Å². The van der Waals surface area contributed by atoms with E-state index in [-0.39, 0.29) is 12.4 Å². The zero-order chi connectivity index (χ0) is 18.9. The van der Waals surface area contributed by atoms with Gasteiger partial charge in [-0.2, -0.15) is 0 Å². The Morgan fingerprint density at radius 1 is 1.00 bits per heavy atom. The lowest BCUT2D eigenvalue weighted by molar-refractivity contribution is 0.402. The molecule has 0 atom stereocenters. The highest BCUT2D eigenvalue weighted by atomic mass is 35.5. The monoisotopic (exact) mass is 450 g/mol. The summed E-state index contributed by atoms with van der Waals surface area (Å²) in [4.78, 5) is 6.54. The third kappa shape index (κ3) is 6.65. The van der Waals surface area contributed by atoms with Crippen molar-refractivity contribution in [2.45, 2.75) is 0 Å². The van der Waals surface area contributed by atoms with E-state index in [0.717, 1.165) is 16.9 Å². The maximum atomic E-state index is 6.00. The molecule has 0 heterocycles. The third-order valence-electron chi connectivity index (χ3n) is 3.74. The van der Waals surface area contributed by atoms with E-state index in [2.05, 4.69) is 9.89 Å². The molecule has 2 aromatic carbocycles. The molecule has 8 heteroatoms. The molecule has 0 N–H and O–H groups in total. The lowest BCUT2D eigenvalue weighted by atomic mass is 10.1. The largest absolute Gasteiger partial charge is 0.496 e. The highest BCUT2D eigenvalue weighted by Gasteiger charge is 2.15. The molecule has 0 spiro atoms. The van der Waals surface area contributed by atoms with Crippen LogP contribution in [0.3, 0.4) is 0 Å². The molecular formula is C19H22Cl4N2O2. The number of aliphatic imine (C=N–C) groups is 1. The molecule has 2 rings (SSSR count). The van der Waals surface area contributed by atoms with Gasteiger partial charge in [0.2, 0.25) is 0 Å². The van der Waals surface area contributed by atoms with Crippen molar-refractivity contribution in [3.05, 3.63) is 47.0 Å². The van der Waals surface area contributed by atoms with Gasteiger partial charge in [0.05, 0.1) is 25.6 Å². The van der Waals surface area contributed by atoms with Gasteiger partial charge in [-0.05, 0) is 24.3 Å². The number of halogens is 4. The van der Waals surface area contributed by atoms with Crippen molar-refractivity contribution in [3.8, 4) is 11.5 Å². The summed E-state index contributed by atoms with van der Waals surface area (Å²) in [5, 5.41) is 0.636. The van der Waals surface area contributed by atoms with Crippen molar-refractivity contribution in [3.63, 3.8) is 0 Å². The fraction of sp³-hybridized carbons (Fsp3) is 0.316. The molecule has 0 fully saturated rings. The van der Waals surface area contributed by atoms with Gasteiger partial charge in [-0.3, -0.25) is 4.99 Å². The van der Waals surface area contributed by atoms with Crippen molar-refractivity contribution in [1.82, 2.24) is 0 Å². The van der Waals surface area contributed by atoms with E-state index in [1.807, 2.05) is 24.3 Å². The summed E-state index contributed by atoms with van der Waals surface area (Å²) in [6, 6.07) is 11.1. The van der Waals surface area contributed by atoms with Gasteiger partial charge < -0.3 is 14.4 Å². The van der Waals surface area contributed by atoms with E-state index >= 15 is 0 Å². The number of ether oxygens (including phenoxy) is 2. The van der Waals surface area contributed by atoms with E-state index in [1.54, 1.807) is 32.6 Å². The zero-order valence-corrected chi connectivity index (χ0v) is 18.2. The third-order valence-corrected chi connectivity index (χ3v) is 4.31. The Morgan fingerprint density at radius 2 is 1.67 bits per heavy atom. The SMILES string of the molecule is COc1cc(N(CCCl)CCCl)c(OC)cc1C=Nc1cccc(Cl)c1.Cl. The normalized spacial score (nSPS) is 10.6. The number of alkyl halides is 2. The lowest BCUT2D eigenvalue weighted by Crippen LogP contribution is -2.28. The summed E-state index contributed by atoms with van der Waals surface area (Å²) in [5.41, 5.74) is 2.43. The van der Waals surface area contributed by atoms with Crippen LogP contribution in [0, 0.1) is 0 Å². The Hall–Kier alpha value is -1.33. The Balaban J connectivity index is 0.00000364. The second kappa shape index (κ2) is 12.2. The molecule has 0 radical (unpaired) electrons. The minimum absolute atomic E-state index is 0. The van der Waals surface area contributed by atoms with E-state index < -0.39 is 0 Å². The fourth-order valence-electron chi connectivity index (χ4n) is 2.51. The first kappa shape index (κ1) is 23.7. The van der Waals surface area contributed by atoms with Crippen LogP contribution in [0.1, 0.15) is 5.56 Å². The smallest absolute Gasteiger partial charge is 0.143 e. The molecule has 0 aromatic heterocycles. The number of nitrogens with zero attached hydrogens (tertiary/aromatic N) is 2. The topological polar surface area (TPSA) is 34.1 Å². The van der Waals surface area contributed by atoms with Gasteiger partial charge in [0.15, 0.2) is 0 Å². The van der Waals surface area contributed by atoms with Crippen LogP contribution >= 0.6 is 47.2 Å². The van der Waals surface area contributed by atoms with Crippen LogP contribution in [0.25, 0.3) is 0 Å². The molecular weight excluding hydrogens is 430 g/mol. The van der Waals surface area contributed by atoms with Crippen molar-refractivity contribution < 1.29 is 9.47 Å². The molecule has 0 saturated heterocycles. The van der Waals surface area contributed by atoms with E-state index in [4.69, 9.17) is 44.3 Å². The van der Waals surface area contributed by atoms with Gasteiger partial charge in [-0.1, -0.05) is 17.7 Å². The molecule has 2 aromatic rings. The van der Waals surface area contributed by atoms with Crippen molar-refractivity contribution in [2.75, 3.05) is 44.0 Å². The minimum Gasteiger partial charge on any atom is -0.496 e. The molecule has 0 aliphatic heterocycles.